The lowest BCUT2D eigenvalue weighted by Crippen LogP contribution is -2.28. The number of alkyl halides is 6. The van der Waals surface area contributed by atoms with Crippen molar-refractivity contribution in [3.05, 3.63) is 65.0 Å². The molecule has 0 atom stereocenters. The van der Waals surface area contributed by atoms with E-state index in [1.54, 1.807) is 0 Å². The first-order valence-corrected chi connectivity index (χ1v) is 7.04. The molecule has 0 aliphatic rings. The summed E-state index contributed by atoms with van der Waals surface area (Å²) in [5, 5.41) is 4.17. The van der Waals surface area contributed by atoms with E-state index in [1.165, 1.54) is 12.1 Å². The van der Waals surface area contributed by atoms with E-state index in [0.29, 0.717) is 17.7 Å². The smallest absolute Gasteiger partial charge is 0.334 e. The predicted molar refractivity (Wildman–Crippen MR) is 78.7 cm³/mol. The summed E-state index contributed by atoms with van der Waals surface area (Å²) in [5.74, 6) is -0.498. The van der Waals surface area contributed by atoms with Gasteiger partial charge in [0.15, 0.2) is 0 Å². The van der Waals surface area contributed by atoms with Gasteiger partial charge in [0.05, 0.1) is 11.1 Å². The first kappa shape index (κ1) is 19.5. The maximum atomic E-state index is 12.8. The Labute approximate surface area is 142 Å². The van der Waals surface area contributed by atoms with Gasteiger partial charge in [0.1, 0.15) is 5.82 Å². The van der Waals surface area contributed by atoms with Crippen molar-refractivity contribution in [2.75, 3.05) is 5.32 Å². The van der Waals surface area contributed by atoms with Crippen molar-refractivity contribution < 1.29 is 35.5 Å². The highest BCUT2D eigenvalue weighted by Gasteiger charge is 2.37. The zero-order valence-electron chi connectivity index (χ0n) is 12.8. The van der Waals surface area contributed by atoms with Crippen LogP contribution in [-0.4, -0.2) is 6.03 Å². The van der Waals surface area contributed by atoms with E-state index >= 15 is 0 Å². The highest BCUT2D eigenvalue weighted by Crippen LogP contribution is 2.37. The summed E-state index contributed by atoms with van der Waals surface area (Å²) in [6.45, 7) is -0.1000. The number of hydrogen-bond acceptors (Lipinski definition) is 1. The molecule has 2 aromatic rings. The second kappa shape index (κ2) is 7.22. The Balaban J connectivity index is 2.14. The zero-order valence-corrected chi connectivity index (χ0v) is 12.8. The van der Waals surface area contributed by atoms with Crippen molar-refractivity contribution >= 4 is 11.7 Å². The predicted octanol–water partition coefficient (Wildman–Crippen LogP) is 5.19. The fourth-order valence-electron chi connectivity index (χ4n) is 1.99. The minimum atomic E-state index is -5.01. The van der Waals surface area contributed by atoms with Gasteiger partial charge in [0.2, 0.25) is 0 Å². The molecule has 0 bridgehead atoms. The molecule has 0 unspecified atom stereocenters. The van der Waals surface area contributed by atoms with E-state index in [4.69, 9.17) is 0 Å². The van der Waals surface area contributed by atoms with Crippen LogP contribution in [0.15, 0.2) is 42.5 Å². The van der Waals surface area contributed by atoms with Crippen LogP contribution in [-0.2, 0) is 18.9 Å². The molecule has 0 spiro atoms. The normalized spacial score (nSPS) is 12.0. The average molecular weight is 380 g/mol. The minimum absolute atomic E-state index is 0.0401. The lowest BCUT2D eigenvalue weighted by Gasteiger charge is -2.15. The van der Waals surface area contributed by atoms with E-state index in [-0.39, 0.29) is 12.6 Å². The molecule has 0 heterocycles. The van der Waals surface area contributed by atoms with E-state index in [9.17, 15) is 35.5 Å². The molecular formula is C16H11F7N2O. The number of benzene rings is 2. The monoisotopic (exact) mass is 380 g/mol. The van der Waals surface area contributed by atoms with Crippen molar-refractivity contribution in [3.8, 4) is 0 Å². The van der Waals surface area contributed by atoms with Crippen LogP contribution in [0.2, 0.25) is 0 Å². The Bertz CT molecular complexity index is 750. The Morgan fingerprint density at radius 1 is 0.846 bits per heavy atom. The van der Waals surface area contributed by atoms with Gasteiger partial charge in [-0.15, -0.1) is 0 Å². The lowest BCUT2D eigenvalue weighted by atomic mass is 10.1. The maximum absolute atomic E-state index is 12.8. The maximum Gasteiger partial charge on any atom is 0.416 e. The van der Waals surface area contributed by atoms with Gasteiger partial charge >= 0.3 is 18.4 Å². The largest absolute Gasteiger partial charge is 0.416 e. The standard InChI is InChI=1S/C16H11F7N2O/c17-12-3-1-9(2-4-12)8-24-14(26)25-13-6-10(15(18,19)20)5-11(7-13)16(21,22)23/h1-7H,8H2,(H2,24,25,26). The summed E-state index contributed by atoms with van der Waals surface area (Å²) in [5.41, 5.74) is -3.26. The van der Waals surface area contributed by atoms with E-state index in [0.717, 1.165) is 12.1 Å². The molecule has 140 valence electrons. The van der Waals surface area contributed by atoms with Gasteiger partial charge in [-0.1, -0.05) is 12.1 Å². The second-order valence-electron chi connectivity index (χ2n) is 5.23. The van der Waals surface area contributed by atoms with Crippen LogP contribution in [0, 0.1) is 5.82 Å². The first-order chi connectivity index (χ1) is 11.9. The molecule has 2 rings (SSSR count). The van der Waals surface area contributed by atoms with Crippen molar-refractivity contribution in [1.29, 1.82) is 0 Å². The number of rotatable bonds is 3. The van der Waals surface area contributed by atoms with Crippen LogP contribution in [0.5, 0.6) is 0 Å². The summed E-state index contributed by atoms with van der Waals surface area (Å²) in [6.07, 6.45) is -10.0. The van der Waals surface area contributed by atoms with E-state index in [1.807, 2.05) is 5.32 Å². The molecule has 2 N–H and O–H groups in total. The fraction of sp³-hybridized carbons (Fsp3) is 0.188. The molecule has 10 heteroatoms. The van der Waals surface area contributed by atoms with Crippen molar-refractivity contribution in [3.63, 3.8) is 0 Å². The molecule has 0 radical (unpaired) electrons. The highest BCUT2D eigenvalue weighted by atomic mass is 19.4. The van der Waals surface area contributed by atoms with Gasteiger partial charge in [-0.3, -0.25) is 0 Å². The number of nitrogens with one attached hydrogen (secondary N) is 2. The first-order valence-electron chi connectivity index (χ1n) is 7.04. The lowest BCUT2D eigenvalue weighted by molar-refractivity contribution is -0.143. The number of hydrogen-bond donors (Lipinski definition) is 2. The van der Waals surface area contributed by atoms with Crippen LogP contribution < -0.4 is 10.6 Å². The minimum Gasteiger partial charge on any atom is -0.334 e. The van der Waals surface area contributed by atoms with Crippen molar-refractivity contribution in [2.45, 2.75) is 18.9 Å². The SMILES string of the molecule is O=C(NCc1ccc(F)cc1)Nc1cc(C(F)(F)F)cc(C(F)(F)F)c1. The van der Waals surface area contributed by atoms with Crippen molar-refractivity contribution in [2.24, 2.45) is 0 Å². The fourth-order valence-corrected chi connectivity index (χ4v) is 1.99. The number of carbonyl (C=O) groups excluding carboxylic acids is 1. The molecule has 0 saturated carbocycles. The molecule has 2 amide bonds. The Kier molecular flexibility index (Phi) is 5.43. The number of anilines is 1. The zero-order chi connectivity index (χ0) is 19.5. The summed E-state index contributed by atoms with van der Waals surface area (Å²) in [4.78, 5) is 11.7. The molecule has 0 fully saturated rings. The third-order valence-corrected chi connectivity index (χ3v) is 3.21. The number of halogens is 7. The van der Waals surface area contributed by atoms with Gasteiger partial charge in [0.25, 0.3) is 0 Å². The van der Waals surface area contributed by atoms with Gasteiger partial charge in [-0.05, 0) is 35.9 Å². The number of urea groups is 1. The van der Waals surface area contributed by atoms with Crippen molar-refractivity contribution in [1.82, 2.24) is 5.32 Å². The molecule has 0 aliphatic heterocycles. The second-order valence-corrected chi connectivity index (χ2v) is 5.23. The summed E-state index contributed by atoms with van der Waals surface area (Å²) < 4.78 is 89.3. The summed E-state index contributed by atoms with van der Waals surface area (Å²) in [7, 11) is 0. The molecule has 3 nitrogen and oxygen atoms in total. The molecular weight excluding hydrogens is 369 g/mol. The Hall–Kier alpha value is -2.78. The molecule has 0 aromatic heterocycles. The highest BCUT2D eigenvalue weighted by molar-refractivity contribution is 5.89. The Morgan fingerprint density at radius 2 is 1.35 bits per heavy atom. The summed E-state index contributed by atoms with van der Waals surface area (Å²) >= 11 is 0. The van der Waals surface area contributed by atoms with Crippen LogP contribution in [0.25, 0.3) is 0 Å². The van der Waals surface area contributed by atoms with E-state index in [2.05, 4.69) is 5.32 Å². The third kappa shape index (κ3) is 5.36. The molecule has 26 heavy (non-hydrogen) atoms. The molecule has 2 aromatic carbocycles. The van der Waals surface area contributed by atoms with Crippen LogP contribution in [0.3, 0.4) is 0 Å². The van der Waals surface area contributed by atoms with Gasteiger partial charge in [-0.25, -0.2) is 9.18 Å². The number of carbonyl (C=O) groups is 1. The third-order valence-electron chi connectivity index (χ3n) is 3.21. The quantitative estimate of drug-likeness (QED) is 0.708. The topological polar surface area (TPSA) is 41.1 Å². The molecule has 0 aliphatic carbocycles. The summed E-state index contributed by atoms with van der Waals surface area (Å²) in [6, 6.07) is 4.74. The van der Waals surface area contributed by atoms with Gasteiger partial charge < -0.3 is 10.6 Å². The van der Waals surface area contributed by atoms with Gasteiger partial charge in [-0.2, -0.15) is 26.3 Å². The number of amides is 2. The van der Waals surface area contributed by atoms with Crippen LogP contribution in [0.4, 0.5) is 41.2 Å². The molecule has 0 saturated heterocycles. The van der Waals surface area contributed by atoms with Crippen LogP contribution in [0.1, 0.15) is 16.7 Å². The van der Waals surface area contributed by atoms with E-state index < -0.39 is 41.0 Å². The van der Waals surface area contributed by atoms with Crippen LogP contribution >= 0.6 is 0 Å². The Morgan fingerprint density at radius 3 is 1.81 bits per heavy atom. The van der Waals surface area contributed by atoms with Gasteiger partial charge in [0, 0.05) is 12.2 Å². The average Bonchev–Trinajstić information content (AvgIpc) is 2.52.